The van der Waals surface area contributed by atoms with E-state index in [1.165, 1.54) is 16.8 Å². The fraction of sp³-hybridized carbons (Fsp3) is 0.417. The summed E-state index contributed by atoms with van der Waals surface area (Å²) >= 11 is 7.84. The van der Waals surface area contributed by atoms with E-state index in [1.807, 2.05) is 0 Å². The number of hydrogen-bond acceptors (Lipinski definition) is 4. The van der Waals surface area contributed by atoms with Crippen LogP contribution in [0, 0.1) is 0 Å². The lowest BCUT2D eigenvalue weighted by Gasteiger charge is -2.08. The summed E-state index contributed by atoms with van der Waals surface area (Å²) in [6.45, 7) is 1.64. The van der Waals surface area contributed by atoms with Gasteiger partial charge in [0, 0.05) is 11.3 Å². The molecule has 0 saturated heterocycles. The number of fused-ring (bicyclic) bond motifs is 3. The van der Waals surface area contributed by atoms with E-state index in [0.717, 1.165) is 23.1 Å². The van der Waals surface area contributed by atoms with Crippen molar-refractivity contribution in [3.8, 4) is 0 Å². The van der Waals surface area contributed by atoms with Gasteiger partial charge in [-0.15, -0.1) is 11.3 Å². The Morgan fingerprint density at radius 3 is 3.18 bits per heavy atom. The second kappa shape index (κ2) is 4.03. The van der Waals surface area contributed by atoms with Crippen molar-refractivity contribution in [3.63, 3.8) is 0 Å². The zero-order chi connectivity index (χ0) is 12.0. The van der Waals surface area contributed by atoms with Crippen LogP contribution in [0.1, 0.15) is 36.1 Å². The smallest absolute Gasteiger partial charge is 0.141 e. The summed E-state index contributed by atoms with van der Waals surface area (Å²) in [5, 5.41) is 1.49. The molecule has 0 aromatic carbocycles. The van der Waals surface area contributed by atoms with Crippen LogP contribution in [0.4, 0.5) is 0 Å². The molecule has 0 amide bonds. The lowest BCUT2D eigenvalue weighted by molar-refractivity contribution is -0.117. The van der Waals surface area contributed by atoms with E-state index < -0.39 is 0 Å². The maximum Gasteiger partial charge on any atom is 0.141 e. The minimum atomic E-state index is 0.232. The molecule has 1 aliphatic rings. The van der Waals surface area contributed by atoms with Gasteiger partial charge in [0.25, 0.3) is 0 Å². The van der Waals surface area contributed by atoms with E-state index in [0.29, 0.717) is 17.5 Å². The lowest BCUT2D eigenvalue weighted by Crippen LogP contribution is -2.00. The van der Waals surface area contributed by atoms with Gasteiger partial charge in [-0.05, 0) is 31.2 Å². The topological polar surface area (TPSA) is 42.9 Å². The van der Waals surface area contributed by atoms with Crippen molar-refractivity contribution in [2.45, 2.75) is 32.1 Å². The van der Waals surface area contributed by atoms with Crippen molar-refractivity contribution in [2.75, 3.05) is 0 Å². The molecule has 3 nitrogen and oxygen atoms in total. The first-order valence-electron chi connectivity index (χ1n) is 5.58. The number of Topliss-reactive ketones (excluding diaryl/α,β-unsaturated/α-hetero) is 1. The van der Waals surface area contributed by atoms with Crippen LogP contribution in [0.25, 0.3) is 10.2 Å². The highest BCUT2D eigenvalue weighted by atomic mass is 35.5. The third kappa shape index (κ3) is 1.76. The van der Waals surface area contributed by atoms with Gasteiger partial charge in [0.2, 0.25) is 0 Å². The van der Waals surface area contributed by atoms with E-state index in [-0.39, 0.29) is 5.78 Å². The number of carbonyl (C=O) groups is 1. The van der Waals surface area contributed by atoms with Crippen LogP contribution < -0.4 is 0 Å². The van der Waals surface area contributed by atoms with Crippen LogP contribution >= 0.6 is 22.9 Å². The normalized spacial score (nSPS) is 18.6. The summed E-state index contributed by atoms with van der Waals surface area (Å²) < 4.78 is 0. The Balaban J connectivity index is 2.18. The molecule has 0 N–H and O–H groups in total. The first-order valence-corrected chi connectivity index (χ1v) is 6.77. The Labute approximate surface area is 108 Å². The number of carbonyl (C=O) groups excluding carboxylic acids is 1. The molecular formula is C12H11ClN2OS. The maximum absolute atomic E-state index is 11.3. The van der Waals surface area contributed by atoms with Crippen LogP contribution in [0.2, 0.25) is 5.15 Å². The lowest BCUT2D eigenvalue weighted by atomic mass is 9.96. The van der Waals surface area contributed by atoms with Crippen molar-refractivity contribution in [1.29, 1.82) is 0 Å². The molecule has 0 bridgehead atoms. The molecule has 2 aromatic heterocycles. The molecule has 1 atom stereocenters. The summed E-state index contributed by atoms with van der Waals surface area (Å²) in [4.78, 5) is 21.9. The highest BCUT2D eigenvalue weighted by Gasteiger charge is 2.29. The molecule has 0 aliphatic heterocycles. The molecule has 0 fully saturated rings. The zero-order valence-electron chi connectivity index (χ0n) is 9.36. The Kier molecular flexibility index (Phi) is 2.64. The number of hydrogen-bond donors (Lipinski definition) is 0. The van der Waals surface area contributed by atoms with Crippen molar-refractivity contribution >= 4 is 38.9 Å². The third-order valence-electron chi connectivity index (χ3n) is 3.22. The fourth-order valence-corrected chi connectivity index (χ4v) is 4.11. The van der Waals surface area contributed by atoms with Gasteiger partial charge in [0.1, 0.15) is 22.1 Å². The fourth-order valence-electron chi connectivity index (χ4n) is 2.58. The quantitative estimate of drug-likeness (QED) is 0.783. The van der Waals surface area contributed by atoms with Crippen molar-refractivity contribution in [2.24, 2.45) is 0 Å². The summed E-state index contributed by atoms with van der Waals surface area (Å²) in [6.07, 6.45) is 4.17. The van der Waals surface area contributed by atoms with Gasteiger partial charge >= 0.3 is 0 Å². The molecule has 0 radical (unpaired) electrons. The van der Waals surface area contributed by atoms with E-state index in [9.17, 15) is 4.79 Å². The van der Waals surface area contributed by atoms with E-state index in [2.05, 4.69) is 9.97 Å². The van der Waals surface area contributed by atoms with Crippen LogP contribution in [-0.4, -0.2) is 15.8 Å². The van der Waals surface area contributed by atoms with Crippen LogP contribution in [-0.2, 0) is 11.2 Å². The second-order valence-electron chi connectivity index (χ2n) is 4.43. The number of aryl methyl sites for hydroxylation is 1. The van der Waals surface area contributed by atoms with Crippen LogP contribution in [0.15, 0.2) is 6.33 Å². The van der Waals surface area contributed by atoms with Gasteiger partial charge in [0.15, 0.2) is 0 Å². The second-order valence-corrected chi connectivity index (χ2v) is 5.87. The zero-order valence-corrected chi connectivity index (χ0v) is 10.9. The number of aromatic nitrogens is 2. The minimum Gasteiger partial charge on any atom is -0.300 e. The van der Waals surface area contributed by atoms with E-state index >= 15 is 0 Å². The van der Waals surface area contributed by atoms with Gasteiger partial charge in [-0.3, -0.25) is 0 Å². The molecule has 17 heavy (non-hydrogen) atoms. The first kappa shape index (κ1) is 11.1. The number of rotatable bonds is 2. The summed E-state index contributed by atoms with van der Waals surface area (Å²) in [6, 6.07) is 0. The molecule has 0 spiro atoms. The van der Waals surface area contributed by atoms with Crippen molar-refractivity contribution < 1.29 is 4.79 Å². The van der Waals surface area contributed by atoms with Gasteiger partial charge in [-0.1, -0.05) is 11.6 Å². The Morgan fingerprint density at radius 1 is 1.59 bits per heavy atom. The molecule has 1 aliphatic carbocycles. The predicted octanol–water partition coefficient (Wildman–Crippen LogP) is 3.35. The summed E-state index contributed by atoms with van der Waals surface area (Å²) in [5.74, 6) is 0.537. The molecule has 0 saturated carbocycles. The van der Waals surface area contributed by atoms with Gasteiger partial charge in [0.05, 0.1) is 5.39 Å². The number of thiophene rings is 1. The summed E-state index contributed by atoms with van der Waals surface area (Å²) in [5.41, 5.74) is 1.23. The molecular weight excluding hydrogens is 256 g/mol. The summed E-state index contributed by atoms with van der Waals surface area (Å²) in [7, 11) is 0. The maximum atomic E-state index is 11.3. The molecule has 1 unspecified atom stereocenters. The largest absolute Gasteiger partial charge is 0.300 e. The van der Waals surface area contributed by atoms with E-state index in [1.54, 1.807) is 18.3 Å². The van der Waals surface area contributed by atoms with E-state index in [4.69, 9.17) is 11.6 Å². The third-order valence-corrected chi connectivity index (χ3v) is 4.68. The van der Waals surface area contributed by atoms with Gasteiger partial charge in [-0.2, -0.15) is 0 Å². The Bertz CT molecular complexity index is 608. The molecule has 2 aromatic rings. The molecule has 5 heteroatoms. The Hall–Kier alpha value is -1.00. The Morgan fingerprint density at radius 2 is 2.41 bits per heavy atom. The van der Waals surface area contributed by atoms with Crippen LogP contribution in [0.3, 0.4) is 0 Å². The molecule has 3 rings (SSSR count). The first-order chi connectivity index (χ1) is 8.16. The molecule has 88 valence electrons. The SMILES string of the molecule is CC(=O)CC1CCc2sc3ncnc(Cl)c3c21. The molecule has 2 heterocycles. The predicted molar refractivity (Wildman–Crippen MR) is 68.8 cm³/mol. The van der Waals surface area contributed by atoms with Crippen molar-refractivity contribution in [3.05, 3.63) is 21.9 Å². The highest BCUT2D eigenvalue weighted by Crippen LogP contribution is 2.46. The van der Waals surface area contributed by atoms with Gasteiger partial charge < -0.3 is 4.79 Å². The number of halogens is 1. The average molecular weight is 267 g/mol. The number of ketones is 1. The standard InChI is InChI=1S/C12H11ClN2OS/c1-6(16)4-7-2-3-8-9(7)10-11(13)14-5-15-12(10)17-8/h5,7H,2-4H2,1H3. The average Bonchev–Trinajstić information content (AvgIpc) is 2.78. The van der Waals surface area contributed by atoms with Crippen molar-refractivity contribution in [1.82, 2.24) is 9.97 Å². The number of nitrogens with zero attached hydrogens (tertiary/aromatic N) is 2. The highest BCUT2D eigenvalue weighted by molar-refractivity contribution is 7.19. The van der Waals surface area contributed by atoms with Crippen LogP contribution in [0.5, 0.6) is 0 Å². The minimum absolute atomic E-state index is 0.232. The monoisotopic (exact) mass is 266 g/mol. The van der Waals surface area contributed by atoms with Gasteiger partial charge in [-0.25, -0.2) is 9.97 Å².